The van der Waals surface area contributed by atoms with Gasteiger partial charge in [0, 0.05) is 28.5 Å². The molecular weight excluding hydrogens is 345 g/mol. The first-order valence-electron chi connectivity index (χ1n) is 6.92. The smallest absolute Gasteiger partial charge is 0.227 e. The number of carbonyl (C=O) groups excluding carboxylic acids is 1. The van der Waals surface area contributed by atoms with E-state index in [4.69, 9.17) is 11.6 Å². The van der Waals surface area contributed by atoms with E-state index in [0.29, 0.717) is 23.2 Å². The molecule has 110 valence electrons. The van der Waals surface area contributed by atoms with Crippen molar-refractivity contribution in [1.29, 1.82) is 0 Å². The fourth-order valence-electron chi connectivity index (χ4n) is 2.77. The molecule has 0 saturated heterocycles. The summed E-state index contributed by atoms with van der Waals surface area (Å²) >= 11 is 9.38. The van der Waals surface area contributed by atoms with Gasteiger partial charge in [-0.1, -0.05) is 46.4 Å². The Morgan fingerprint density at radius 2 is 2.10 bits per heavy atom. The standard InChI is InChI=1S/C15H18BrClFNO/c16-8-9-19(11-4-1-2-5-11)15(20)10-12-13(17)6-3-7-14(12)18/h3,6-7,11H,1-2,4-5,8-10H2. The highest BCUT2D eigenvalue weighted by atomic mass is 79.9. The van der Waals surface area contributed by atoms with Crippen LogP contribution >= 0.6 is 27.5 Å². The monoisotopic (exact) mass is 361 g/mol. The van der Waals surface area contributed by atoms with Gasteiger partial charge in [0.1, 0.15) is 5.82 Å². The lowest BCUT2D eigenvalue weighted by Crippen LogP contribution is -2.41. The van der Waals surface area contributed by atoms with Crippen LogP contribution in [0.2, 0.25) is 5.02 Å². The molecule has 0 N–H and O–H groups in total. The predicted molar refractivity (Wildman–Crippen MR) is 82.9 cm³/mol. The highest BCUT2D eigenvalue weighted by Gasteiger charge is 2.27. The van der Waals surface area contributed by atoms with Crippen molar-refractivity contribution < 1.29 is 9.18 Å². The van der Waals surface area contributed by atoms with Crippen molar-refractivity contribution in [2.75, 3.05) is 11.9 Å². The molecule has 1 amide bonds. The van der Waals surface area contributed by atoms with Gasteiger partial charge in [-0.15, -0.1) is 0 Å². The summed E-state index contributed by atoms with van der Waals surface area (Å²) in [6, 6.07) is 4.82. The number of hydrogen-bond donors (Lipinski definition) is 0. The number of carbonyl (C=O) groups is 1. The lowest BCUT2D eigenvalue weighted by molar-refractivity contribution is -0.132. The molecule has 1 aromatic rings. The number of hydrogen-bond acceptors (Lipinski definition) is 1. The summed E-state index contributed by atoms with van der Waals surface area (Å²) in [5.74, 6) is -0.445. The van der Waals surface area contributed by atoms with Crippen molar-refractivity contribution in [2.45, 2.75) is 38.1 Å². The minimum Gasteiger partial charge on any atom is -0.339 e. The van der Waals surface area contributed by atoms with Crippen molar-refractivity contribution >= 4 is 33.4 Å². The van der Waals surface area contributed by atoms with E-state index in [9.17, 15) is 9.18 Å². The van der Waals surface area contributed by atoms with Crippen molar-refractivity contribution in [1.82, 2.24) is 4.90 Å². The van der Waals surface area contributed by atoms with E-state index in [1.165, 1.54) is 6.07 Å². The molecule has 0 heterocycles. The van der Waals surface area contributed by atoms with Gasteiger partial charge in [-0.2, -0.15) is 0 Å². The Balaban J connectivity index is 2.11. The molecule has 20 heavy (non-hydrogen) atoms. The topological polar surface area (TPSA) is 20.3 Å². The Bertz CT molecular complexity index is 457. The maximum absolute atomic E-state index is 13.8. The quantitative estimate of drug-likeness (QED) is 0.719. The molecule has 2 rings (SSSR count). The first-order valence-corrected chi connectivity index (χ1v) is 8.41. The normalized spacial score (nSPS) is 15.6. The molecule has 1 aromatic carbocycles. The minimum atomic E-state index is -0.406. The molecule has 0 radical (unpaired) electrons. The summed E-state index contributed by atoms with van der Waals surface area (Å²) in [6.45, 7) is 0.662. The molecule has 0 atom stereocenters. The van der Waals surface area contributed by atoms with Gasteiger partial charge in [0.25, 0.3) is 0 Å². The van der Waals surface area contributed by atoms with Crippen molar-refractivity contribution in [2.24, 2.45) is 0 Å². The molecule has 1 fully saturated rings. The van der Waals surface area contributed by atoms with Gasteiger partial charge in [0.05, 0.1) is 6.42 Å². The highest BCUT2D eigenvalue weighted by molar-refractivity contribution is 9.09. The fourth-order valence-corrected chi connectivity index (χ4v) is 3.38. The van der Waals surface area contributed by atoms with Gasteiger partial charge in [0.15, 0.2) is 0 Å². The first kappa shape index (κ1) is 15.8. The highest BCUT2D eigenvalue weighted by Crippen LogP contribution is 2.26. The molecule has 0 aliphatic heterocycles. The summed E-state index contributed by atoms with van der Waals surface area (Å²) < 4.78 is 13.8. The number of rotatable bonds is 5. The minimum absolute atomic E-state index is 0.0367. The summed E-state index contributed by atoms with van der Waals surface area (Å²) in [5, 5.41) is 1.06. The molecular formula is C15H18BrClFNO. The molecule has 0 bridgehead atoms. The Labute approximate surface area is 132 Å². The van der Waals surface area contributed by atoms with Gasteiger partial charge >= 0.3 is 0 Å². The third kappa shape index (κ3) is 3.73. The zero-order valence-corrected chi connectivity index (χ0v) is 13.6. The van der Waals surface area contributed by atoms with Crippen molar-refractivity contribution in [3.63, 3.8) is 0 Å². The maximum atomic E-state index is 13.8. The maximum Gasteiger partial charge on any atom is 0.227 e. The lowest BCUT2D eigenvalue weighted by atomic mass is 10.1. The van der Waals surface area contributed by atoms with Gasteiger partial charge < -0.3 is 4.90 Å². The van der Waals surface area contributed by atoms with Crippen LogP contribution in [0.15, 0.2) is 18.2 Å². The van der Waals surface area contributed by atoms with Crippen LogP contribution in [0.3, 0.4) is 0 Å². The van der Waals surface area contributed by atoms with E-state index >= 15 is 0 Å². The molecule has 1 saturated carbocycles. The van der Waals surface area contributed by atoms with Crippen molar-refractivity contribution in [3.8, 4) is 0 Å². The van der Waals surface area contributed by atoms with E-state index in [2.05, 4.69) is 15.9 Å². The number of alkyl halides is 1. The summed E-state index contributed by atoms with van der Waals surface area (Å²) in [4.78, 5) is 14.4. The second kappa shape index (κ2) is 7.41. The summed E-state index contributed by atoms with van der Waals surface area (Å²) in [7, 11) is 0. The van der Waals surface area contributed by atoms with Gasteiger partial charge in [-0.25, -0.2) is 4.39 Å². The number of amides is 1. The first-order chi connectivity index (χ1) is 9.63. The summed E-state index contributed by atoms with van der Waals surface area (Å²) in [5.41, 5.74) is 0.303. The Morgan fingerprint density at radius 3 is 2.70 bits per heavy atom. The van der Waals surface area contributed by atoms with Crippen LogP contribution in [0.5, 0.6) is 0 Å². The van der Waals surface area contributed by atoms with Gasteiger partial charge in [-0.3, -0.25) is 4.79 Å². The largest absolute Gasteiger partial charge is 0.339 e. The van der Waals surface area contributed by atoms with E-state index in [1.807, 2.05) is 4.90 Å². The third-order valence-corrected chi connectivity index (χ3v) is 4.51. The Kier molecular flexibility index (Phi) is 5.85. The Hall–Kier alpha value is -0.610. The van der Waals surface area contributed by atoms with Crippen LogP contribution in [-0.2, 0) is 11.2 Å². The van der Waals surface area contributed by atoms with Crippen LogP contribution in [0.25, 0.3) is 0 Å². The second-order valence-corrected chi connectivity index (χ2v) is 6.29. The van der Waals surface area contributed by atoms with Crippen LogP contribution < -0.4 is 0 Å². The number of halogens is 3. The molecule has 0 unspecified atom stereocenters. The average Bonchev–Trinajstić information content (AvgIpc) is 2.94. The average molecular weight is 363 g/mol. The number of benzene rings is 1. The molecule has 0 spiro atoms. The van der Waals surface area contributed by atoms with E-state index in [1.54, 1.807) is 12.1 Å². The molecule has 1 aliphatic rings. The van der Waals surface area contributed by atoms with E-state index in [-0.39, 0.29) is 12.3 Å². The summed E-state index contributed by atoms with van der Waals surface area (Å²) in [6.07, 6.45) is 4.46. The van der Waals surface area contributed by atoms with E-state index < -0.39 is 5.82 Å². The SMILES string of the molecule is O=C(Cc1c(F)cccc1Cl)N(CCBr)C1CCCC1. The number of nitrogens with zero attached hydrogens (tertiary/aromatic N) is 1. The third-order valence-electron chi connectivity index (χ3n) is 3.80. The predicted octanol–water partition coefficient (Wildman–Crippen LogP) is 4.19. The van der Waals surface area contributed by atoms with Crippen LogP contribution in [0, 0.1) is 5.82 Å². The lowest BCUT2D eigenvalue weighted by Gasteiger charge is -2.28. The molecule has 5 heteroatoms. The van der Waals surface area contributed by atoms with Gasteiger partial charge in [0.2, 0.25) is 5.91 Å². The van der Waals surface area contributed by atoms with Crippen LogP contribution in [0.1, 0.15) is 31.2 Å². The molecule has 2 nitrogen and oxygen atoms in total. The fraction of sp³-hybridized carbons (Fsp3) is 0.533. The zero-order chi connectivity index (χ0) is 14.5. The zero-order valence-electron chi connectivity index (χ0n) is 11.2. The van der Waals surface area contributed by atoms with E-state index in [0.717, 1.165) is 31.0 Å². The Morgan fingerprint density at radius 1 is 1.40 bits per heavy atom. The molecule has 1 aliphatic carbocycles. The van der Waals surface area contributed by atoms with Crippen LogP contribution in [0.4, 0.5) is 4.39 Å². The van der Waals surface area contributed by atoms with Crippen LogP contribution in [-0.4, -0.2) is 28.7 Å². The van der Waals surface area contributed by atoms with Crippen molar-refractivity contribution in [3.05, 3.63) is 34.6 Å². The molecule has 0 aromatic heterocycles. The van der Waals surface area contributed by atoms with Gasteiger partial charge in [-0.05, 0) is 25.0 Å². The second-order valence-electron chi connectivity index (χ2n) is 5.09.